The van der Waals surface area contributed by atoms with E-state index in [1.165, 1.54) is 0 Å². The monoisotopic (exact) mass is 325 g/mol. The average Bonchev–Trinajstić information content (AvgIpc) is 2.93. The van der Waals surface area contributed by atoms with Gasteiger partial charge in [-0.3, -0.25) is 9.69 Å². The highest BCUT2D eigenvalue weighted by Gasteiger charge is 2.35. The van der Waals surface area contributed by atoms with Crippen molar-refractivity contribution in [3.63, 3.8) is 0 Å². The second-order valence-corrected chi connectivity index (χ2v) is 6.62. The van der Waals surface area contributed by atoms with E-state index in [1.807, 2.05) is 0 Å². The van der Waals surface area contributed by atoms with Gasteiger partial charge in [-0.15, -0.1) is 0 Å². The number of piperidine rings is 1. The summed E-state index contributed by atoms with van der Waals surface area (Å²) in [5, 5.41) is 5.95. The zero-order chi connectivity index (χ0) is 15.3. The molecular weight excluding hydrogens is 303 g/mol. The number of hydrogen-bond acceptors (Lipinski definition) is 4. The van der Waals surface area contributed by atoms with Crippen molar-refractivity contribution in [3.05, 3.63) is 0 Å². The summed E-state index contributed by atoms with van der Waals surface area (Å²) in [5.74, 6) is -0.246. The maximum atomic E-state index is 12.2. The van der Waals surface area contributed by atoms with E-state index in [-0.39, 0.29) is 36.0 Å². The Balaban J connectivity index is 1.75. The predicted octanol–water partition coefficient (Wildman–Crippen LogP) is 1.57. The van der Waals surface area contributed by atoms with Crippen LogP contribution < -0.4 is 10.6 Å². The molecule has 1 unspecified atom stereocenters. The van der Waals surface area contributed by atoms with Gasteiger partial charge in [0.25, 0.3) is 0 Å². The number of amides is 1. The number of carbonyl (C=O) groups is 1. The number of hydrogen-bond donors (Lipinski definition) is 2. The van der Waals surface area contributed by atoms with Gasteiger partial charge in [-0.05, 0) is 57.1 Å². The lowest BCUT2D eigenvalue weighted by Gasteiger charge is -2.35. The molecule has 2 heterocycles. The average molecular weight is 325 g/mol. The van der Waals surface area contributed by atoms with Gasteiger partial charge in [-0.1, -0.05) is 0 Å². The molecule has 4 nitrogen and oxygen atoms in total. The predicted molar refractivity (Wildman–Crippen MR) is 77.1 cm³/mol. The van der Waals surface area contributed by atoms with Crippen molar-refractivity contribution < 1.29 is 18.0 Å². The fourth-order valence-electron chi connectivity index (χ4n) is 3.10. The van der Waals surface area contributed by atoms with E-state index in [4.69, 9.17) is 0 Å². The van der Waals surface area contributed by atoms with Gasteiger partial charge in [-0.25, -0.2) is 0 Å². The first-order valence-electron chi connectivity index (χ1n) is 7.42. The molecule has 0 spiro atoms. The van der Waals surface area contributed by atoms with Crippen LogP contribution in [0.1, 0.15) is 25.7 Å². The van der Waals surface area contributed by atoms with E-state index in [0.29, 0.717) is 6.04 Å². The Hall–Kier alpha value is -0.470. The molecule has 0 aromatic carbocycles. The van der Waals surface area contributed by atoms with E-state index in [2.05, 4.69) is 15.5 Å². The zero-order valence-electron chi connectivity index (χ0n) is 11.9. The van der Waals surface area contributed by atoms with Crippen LogP contribution in [0, 0.1) is 0 Å². The van der Waals surface area contributed by atoms with E-state index < -0.39 is 5.51 Å². The van der Waals surface area contributed by atoms with Crippen LogP contribution in [0.5, 0.6) is 0 Å². The Morgan fingerprint density at radius 3 is 2.67 bits per heavy atom. The third kappa shape index (κ3) is 5.34. The highest BCUT2D eigenvalue weighted by Crippen LogP contribution is 2.29. The van der Waals surface area contributed by atoms with Crippen LogP contribution in [0.2, 0.25) is 0 Å². The number of halogens is 3. The standard InChI is InChI=1S/C13H22F3N3OS/c14-13(15,16)21-9-7-18-12(20)11-2-1-8-19(11)10-3-5-17-6-4-10/h10-11,17H,1-9H2,(H,18,20). The highest BCUT2D eigenvalue weighted by molar-refractivity contribution is 8.00. The fourth-order valence-corrected chi connectivity index (χ4v) is 3.54. The van der Waals surface area contributed by atoms with Gasteiger partial charge in [0, 0.05) is 18.3 Å². The number of carbonyl (C=O) groups excluding carboxylic acids is 1. The summed E-state index contributed by atoms with van der Waals surface area (Å²) in [6.45, 7) is 2.93. The molecule has 8 heteroatoms. The molecule has 0 aromatic rings. The van der Waals surface area contributed by atoms with E-state index in [0.717, 1.165) is 45.3 Å². The van der Waals surface area contributed by atoms with Crippen LogP contribution in [0.3, 0.4) is 0 Å². The lowest BCUT2D eigenvalue weighted by atomic mass is 10.0. The topological polar surface area (TPSA) is 44.4 Å². The summed E-state index contributed by atoms with van der Waals surface area (Å²) < 4.78 is 36.1. The van der Waals surface area contributed by atoms with E-state index in [1.54, 1.807) is 0 Å². The number of nitrogens with one attached hydrogen (secondary N) is 2. The largest absolute Gasteiger partial charge is 0.441 e. The molecule has 2 N–H and O–H groups in total. The maximum Gasteiger partial charge on any atom is 0.441 e. The number of likely N-dealkylation sites (tertiary alicyclic amines) is 1. The molecule has 0 aliphatic carbocycles. The zero-order valence-corrected chi connectivity index (χ0v) is 12.7. The molecule has 1 amide bonds. The number of rotatable bonds is 5. The normalized spacial score (nSPS) is 25.2. The Labute approximate surface area is 127 Å². The fraction of sp³-hybridized carbons (Fsp3) is 0.923. The smallest absolute Gasteiger partial charge is 0.354 e. The van der Waals surface area contributed by atoms with Gasteiger partial charge in [0.1, 0.15) is 0 Å². The molecule has 0 aromatic heterocycles. The minimum absolute atomic E-state index is 0.0690. The first kappa shape index (κ1) is 16.9. The minimum atomic E-state index is -4.22. The Bertz CT molecular complexity index is 348. The van der Waals surface area contributed by atoms with Gasteiger partial charge < -0.3 is 10.6 Å². The summed E-state index contributed by atoms with van der Waals surface area (Å²) in [6, 6.07) is 0.262. The molecule has 2 aliphatic heterocycles. The van der Waals surface area contributed by atoms with Crippen molar-refractivity contribution in [2.75, 3.05) is 31.9 Å². The van der Waals surface area contributed by atoms with Gasteiger partial charge in [0.2, 0.25) is 5.91 Å². The molecule has 2 rings (SSSR count). The van der Waals surface area contributed by atoms with Gasteiger partial charge in [0.15, 0.2) is 0 Å². The van der Waals surface area contributed by atoms with Crippen molar-refractivity contribution in [2.45, 2.75) is 43.3 Å². The van der Waals surface area contributed by atoms with Crippen molar-refractivity contribution in [3.8, 4) is 0 Å². The van der Waals surface area contributed by atoms with Crippen molar-refractivity contribution in [1.82, 2.24) is 15.5 Å². The summed E-state index contributed by atoms with van der Waals surface area (Å²) in [5.41, 5.74) is -4.22. The maximum absolute atomic E-state index is 12.2. The van der Waals surface area contributed by atoms with Gasteiger partial charge >= 0.3 is 5.51 Å². The van der Waals surface area contributed by atoms with Crippen molar-refractivity contribution in [2.24, 2.45) is 0 Å². The minimum Gasteiger partial charge on any atom is -0.354 e. The third-order valence-electron chi connectivity index (χ3n) is 4.04. The van der Waals surface area contributed by atoms with Crippen LogP contribution in [0.15, 0.2) is 0 Å². The van der Waals surface area contributed by atoms with Crippen molar-refractivity contribution in [1.29, 1.82) is 0 Å². The molecule has 2 aliphatic rings. The first-order valence-corrected chi connectivity index (χ1v) is 8.41. The van der Waals surface area contributed by atoms with Crippen LogP contribution in [-0.4, -0.2) is 60.3 Å². The lowest BCUT2D eigenvalue weighted by molar-refractivity contribution is -0.126. The molecule has 0 saturated carbocycles. The molecular formula is C13H22F3N3OS. The summed E-state index contributed by atoms with van der Waals surface area (Å²) in [6.07, 6.45) is 3.86. The second-order valence-electron chi connectivity index (χ2n) is 5.46. The Morgan fingerprint density at radius 1 is 1.29 bits per heavy atom. The molecule has 122 valence electrons. The molecule has 2 saturated heterocycles. The van der Waals surface area contributed by atoms with E-state index >= 15 is 0 Å². The third-order valence-corrected chi connectivity index (χ3v) is 4.78. The molecule has 2 fully saturated rings. The molecule has 1 atom stereocenters. The van der Waals surface area contributed by atoms with Crippen LogP contribution >= 0.6 is 11.8 Å². The van der Waals surface area contributed by atoms with E-state index in [9.17, 15) is 18.0 Å². The molecule has 21 heavy (non-hydrogen) atoms. The molecule has 0 bridgehead atoms. The van der Waals surface area contributed by atoms with Gasteiger partial charge in [-0.2, -0.15) is 13.2 Å². The van der Waals surface area contributed by atoms with Crippen LogP contribution in [0.4, 0.5) is 13.2 Å². The molecule has 0 radical (unpaired) electrons. The number of nitrogens with zero attached hydrogens (tertiary/aromatic N) is 1. The quantitative estimate of drug-likeness (QED) is 0.753. The highest BCUT2D eigenvalue weighted by atomic mass is 32.2. The Kier molecular flexibility index (Phi) is 6.19. The summed E-state index contributed by atoms with van der Waals surface area (Å²) in [4.78, 5) is 14.4. The SMILES string of the molecule is O=C(NCCSC(F)(F)F)C1CCCN1C1CCNCC1. The second kappa shape index (κ2) is 7.69. The Morgan fingerprint density at radius 2 is 2.00 bits per heavy atom. The summed E-state index contributed by atoms with van der Waals surface area (Å²) >= 11 is -0.0896. The van der Waals surface area contributed by atoms with Crippen molar-refractivity contribution >= 4 is 17.7 Å². The van der Waals surface area contributed by atoms with Crippen LogP contribution in [-0.2, 0) is 4.79 Å². The first-order chi connectivity index (χ1) is 9.97. The van der Waals surface area contributed by atoms with Crippen LogP contribution in [0.25, 0.3) is 0 Å². The number of alkyl halides is 3. The lowest BCUT2D eigenvalue weighted by Crippen LogP contribution is -2.51. The number of thioether (sulfide) groups is 1. The summed E-state index contributed by atoms with van der Waals surface area (Å²) in [7, 11) is 0. The van der Waals surface area contributed by atoms with Gasteiger partial charge in [0.05, 0.1) is 6.04 Å².